The topological polar surface area (TPSA) is 85.1 Å². The van der Waals surface area contributed by atoms with Crippen LogP contribution in [0.5, 0.6) is 0 Å². The van der Waals surface area contributed by atoms with E-state index >= 15 is 0 Å². The Morgan fingerprint density at radius 2 is 2.00 bits per heavy atom. The molecule has 2 aromatic heterocycles. The third-order valence-corrected chi connectivity index (χ3v) is 5.81. The number of halogens is 1. The molecule has 140 valence electrons. The van der Waals surface area contributed by atoms with Gasteiger partial charge in [-0.3, -0.25) is 10.1 Å². The van der Waals surface area contributed by atoms with Gasteiger partial charge in [0.15, 0.2) is 4.34 Å². The first-order valence-electron chi connectivity index (χ1n) is 8.13. The molecule has 0 unspecified atom stereocenters. The lowest BCUT2D eigenvalue weighted by Gasteiger charge is -2.01. The number of nitrogens with zero attached hydrogens (tertiary/aromatic N) is 2. The Morgan fingerprint density at radius 3 is 2.86 bits per heavy atom. The van der Waals surface area contributed by atoms with Crippen molar-refractivity contribution in [2.75, 3.05) is 5.32 Å². The molecule has 0 radical (unpaired) electrons. The van der Waals surface area contributed by atoms with Gasteiger partial charge in [0.25, 0.3) is 5.91 Å². The number of nitrogens with one attached hydrogen (secondary N) is 1. The van der Waals surface area contributed by atoms with E-state index < -0.39 is 11.5 Å². The zero-order valence-corrected chi connectivity index (χ0v) is 15.8. The summed E-state index contributed by atoms with van der Waals surface area (Å²) in [5.74, 6) is -0.385. The van der Waals surface area contributed by atoms with Gasteiger partial charge in [0, 0.05) is 11.1 Å². The second-order valence-corrected chi connectivity index (χ2v) is 7.93. The summed E-state index contributed by atoms with van der Waals surface area (Å²) < 4.78 is 19.0. The van der Waals surface area contributed by atoms with Crippen molar-refractivity contribution in [2.45, 2.75) is 10.1 Å². The van der Waals surface area contributed by atoms with Gasteiger partial charge in [-0.1, -0.05) is 53.4 Å². The molecule has 4 aromatic rings. The summed E-state index contributed by atoms with van der Waals surface area (Å²) in [6, 6.07) is 14.7. The summed E-state index contributed by atoms with van der Waals surface area (Å²) in [6.45, 7) is 0. The summed E-state index contributed by atoms with van der Waals surface area (Å²) in [6.07, 6.45) is 0. The molecule has 0 fully saturated rings. The number of amides is 1. The lowest BCUT2D eigenvalue weighted by Crippen LogP contribution is -2.20. The van der Waals surface area contributed by atoms with E-state index in [-0.39, 0.29) is 16.5 Å². The second-order valence-electron chi connectivity index (χ2n) is 5.73. The van der Waals surface area contributed by atoms with Gasteiger partial charge in [-0.15, -0.1) is 10.2 Å². The molecule has 0 saturated carbocycles. The quantitative estimate of drug-likeness (QED) is 0.298. The fourth-order valence-electron chi connectivity index (χ4n) is 2.48. The number of hydrogen-bond donors (Lipinski definition) is 1. The van der Waals surface area contributed by atoms with Crippen LogP contribution < -0.4 is 10.9 Å². The maximum Gasteiger partial charge on any atom is 0.349 e. The molecule has 28 heavy (non-hydrogen) atoms. The van der Waals surface area contributed by atoms with E-state index in [2.05, 4.69) is 15.5 Å². The van der Waals surface area contributed by atoms with Crippen LogP contribution in [-0.4, -0.2) is 16.1 Å². The molecule has 0 aliphatic carbocycles. The van der Waals surface area contributed by atoms with Crippen LogP contribution in [0.3, 0.4) is 0 Å². The molecule has 0 spiro atoms. The molecule has 4 rings (SSSR count). The number of thioether (sulfide) groups is 1. The number of aromatic nitrogens is 2. The first-order chi connectivity index (χ1) is 13.6. The van der Waals surface area contributed by atoms with Crippen LogP contribution in [0, 0.1) is 5.82 Å². The summed E-state index contributed by atoms with van der Waals surface area (Å²) in [7, 11) is 0. The Morgan fingerprint density at radius 1 is 1.14 bits per heavy atom. The smallest absolute Gasteiger partial charge is 0.349 e. The van der Waals surface area contributed by atoms with Gasteiger partial charge >= 0.3 is 5.63 Å². The Bertz CT molecular complexity index is 1220. The van der Waals surface area contributed by atoms with Gasteiger partial charge < -0.3 is 4.42 Å². The maximum absolute atomic E-state index is 13.2. The Balaban J connectivity index is 1.45. The van der Waals surface area contributed by atoms with Crippen LogP contribution in [-0.2, 0) is 5.75 Å². The summed E-state index contributed by atoms with van der Waals surface area (Å²) in [4.78, 5) is 24.5. The largest absolute Gasteiger partial charge is 0.422 e. The van der Waals surface area contributed by atoms with E-state index in [0.29, 0.717) is 21.1 Å². The molecule has 2 aromatic carbocycles. The number of rotatable bonds is 5. The van der Waals surface area contributed by atoms with Crippen LogP contribution in [0.4, 0.5) is 9.52 Å². The van der Waals surface area contributed by atoms with E-state index in [1.54, 1.807) is 30.3 Å². The second kappa shape index (κ2) is 7.91. The summed E-state index contributed by atoms with van der Waals surface area (Å²) in [5.41, 5.74) is 0.403. The molecule has 0 aliphatic heterocycles. The minimum atomic E-state index is -0.721. The standard InChI is InChI=1S/C19H12FN3O3S2/c20-13-6-3-4-11(8-13)10-27-19-23-22-18(28-19)21-16(24)14-9-12-5-1-2-7-15(12)26-17(14)25/h1-9H,10H2,(H,21,22,24). The summed E-state index contributed by atoms with van der Waals surface area (Å²) in [5, 5.41) is 11.4. The van der Waals surface area contributed by atoms with E-state index in [9.17, 15) is 14.0 Å². The predicted octanol–water partition coefficient (Wildman–Crippen LogP) is 4.33. The SMILES string of the molecule is O=C(Nc1nnc(SCc2cccc(F)c2)s1)c1cc2ccccc2oc1=O. The molecule has 9 heteroatoms. The Hall–Kier alpha value is -3.04. The van der Waals surface area contributed by atoms with Crippen LogP contribution in [0.25, 0.3) is 11.0 Å². The molecule has 1 N–H and O–H groups in total. The van der Waals surface area contributed by atoms with E-state index in [0.717, 1.165) is 5.56 Å². The highest BCUT2D eigenvalue weighted by molar-refractivity contribution is 8.00. The highest BCUT2D eigenvalue weighted by Gasteiger charge is 2.16. The number of fused-ring (bicyclic) bond motifs is 1. The molecular weight excluding hydrogens is 401 g/mol. The van der Waals surface area contributed by atoms with Crippen molar-refractivity contribution in [3.8, 4) is 0 Å². The van der Waals surface area contributed by atoms with Crippen LogP contribution >= 0.6 is 23.1 Å². The number of carbonyl (C=O) groups is 1. The monoisotopic (exact) mass is 413 g/mol. The van der Waals surface area contributed by atoms with Gasteiger partial charge in [-0.05, 0) is 29.8 Å². The average molecular weight is 413 g/mol. The lowest BCUT2D eigenvalue weighted by molar-refractivity contribution is 0.102. The summed E-state index contributed by atoms with van der Waals surface area (Å²) >= 11 is 2.55. The molecule has 0 bridgehead atoms. The predicted molar refractivity (Wildman–Crippen MR) is 106 cm³/mol. The van der Waals surface area contributed by atoms with Crippen LogP contribution in [0.15, 0.2) is 68.1 Å². The van der Waals surface area contributed by atoms with Crippen molar-refractivity contribution in [1.82, 2.24) is 10.2 Å². The normalized spacial score (nSPS) is 10.9. The van der Waals surface area contributed by atoms with Crippen molar-refractivity contribution in [3.05, 3.63) is 82.0 Å². The minimum Gasteiger partial charge on any atom is -0.422 e. The number of anilines is 1. The first-order valence-corrected chi connectivity index (χ1v) is 9.94. The molecule has 6 nitrogen and oxygen atoms in total. The van der Waals surface area contributed by atoms with E-state index in [1.807, 2.05) is 6.07 Å². The zero-order chi connectivity index (χ0) is 19.5. The van der Waals surface area contributed by atoms with Crippen molar-refractivity contribution in [1.29, 1.82) is 0 Å². The maximum atomic E-state index is 13.2. The fraction of sp³-hybridized carbons (Fsp3) is 0.0526. The first kappa shape index (κ1) is 18.3. The van der Waals surface area contributed by atoms with Gasteiger partial charge in [-0.2, -0.15) is 0 Å². The van der Waals surface area contributed by atoms with Gasteiger partial charge in [0.1, 0.15) is 17.0 Å². The van der Waals surface area contributed by atoms with Crippen molar-refractivity contribution < 1.29 is 13.6 Å². The number of para-hydroxylation sites is 1. The zero-order valence-electron chi connectivity index (χ0n) is 14.2. The minimum absolute atomic E-state index is 0.108. The van der Waals surface area contributed by atoms with Crippen LogP contribution in [0.1, 0.15) is 15.9 Å². The molecule has 0 aliphatic rings. The van der Waals surface area contributed by atoms with Crippen molar-refractivity contribution >= 4 is 45.1 Å². The molecular formula is C19H12FN3O3S2. The Kier molecular flexibility index (Phi) is 5.18. The molecule has 0 atom stereocenters. The van der Waals surface area contributed by atoms with Gasteiger partial charge in [0.2, 0.25) is 5.13 Å². The van der Waals surface area contributed by atoms with Crippen molar-refractivity contribution in [3.63, 3.8) is 0 Å². The fourth-order valence-corrected chi connectivity index (χ4v) is 4.17. The number of hydrogen-bond acceptors (Lipinski definition) is 7. The van der Waals surface area contributed by atoms with Gasteiger partial charge in [-0.25, -0.2) is 9.18 Å². The van der Waals surface area contributed by atoms with Gasteiger partial charge in [0.05, 0.1) is 0 Å². The van der Waals surface area contributed by atoms with Crippen molar-refractivity contribution in [2.24, 2.45) is 0 Å². The molecule has 0 saturated heterocycles. The Labute approximate surface area is 166 Å². The third-order valence-electron chi connectivity index (χ3n) is 3.76. The average Bonchev–Trinajstić information content (AvgIpc) is 3.13. The highest BCUT2D eigenvalue weighted by Crippen LogP contribution is 2.28. The molecule has 1 amide bonds. The number of benzene rings is 2. The van der Waals surface area contributed by atoms with E-state index in [1.165, 1.54) is 41.3 Å². The van der Waals surface area contributed by atoms with E-state index in [4.69, 9.17) is 4.42 Å². The number of carbonyl (C=O) groups excluding carboxylic acids is 1. The molecule has 2 heterocycles. The lowest BCUT2D eigenvalue weighted by atomic mass is 10.2. The highest BCUT2D eigenvalue weighted by atomic mass is 32.2. The third kappa shape index (κ3) is 4.10. The van der Waals surface area contributed by atoms with Crippen LogP contribution in [0.2, 0.25) is 0 Å².